The van der Waals surface area contributed by atoms with Gasteiger partial charge in [-0.3, -0.25) is 4.79 Å². The van der Waals surface area contributed by atoms with Gasteiger partial charge in [-0.05, 0) is 24.3 Å². The average molecular weight is 436 g/mol. The molecule has 1 amide bonds. The predicted molar refractivity (Wildman–Crippen MR) is 111 cm³/mol. The van der Waals surface area contributed by atoms with Crippen LogP contribution in [-0.2, 0) is 10.0 Å². The van der Waals surface area contributed by atoms with Crippen molar-refractivity contribution in [1.82, 2.24) is 19.6 Å². The molecule has 0 aliphatic carbocycles. The summed E-state index contributed by atoms with van der Waals surface area (Å²) in [7, 11) is -0.493. The number of carbonyl (C=O) groups excluding carboxylic acids is 1. The Hall–Kier alpha value is -2.92. The van der Waals surface area contributed by atoms with E-state index in [2.05, 4.69) is 15.3 Å². The van der Waals surface area contributed by atoms with Gasteiger partial charge in [-0.2, -0.15) is 4.31 Å². The van der Waals surface area contributed by atoms with Crippen molar-refractivity contribution in [2.75, 3.05) is 57.6 Å². The maximum absolute atomic E-state index is 12.6. The number of nitrogens with zero attached hydrogens (tertiary/aromatic N) is 4. The molecule has 0 spiro atoms. The van der Waals surface area contributed by atoms with E-state index in [0.29, 0.717) is 49.2 Å². The van der Waals surface area contributed by atoms with Crippen LogP contribution >= 0.6 is 0 Å². The molecule has 1 aromatic carbocycles. The van der Waals surface area contributed by atoms with Crippen LogP contribution in [0.15, 0.2) is 36.7 Å². The highest BCUT2D eigenvalue weighted by atomic mass is 32.2. The van der Waals surface area contributed by atoms with Crippen LogP contribution in [-0.4, -0.2) is 81.3 Å². The predicted octanol–water partition coefficient (Wildman–Crippen LogP) is 0.376. The zero-order valence-corrected chi connectivity index (χ0v) is 17.8. The summed E-state index contributed by atoms with van der Waals surface area (Å²) in [6, 6.07) is 6.50. The fourth-order valence-corrected chi connectivity index (χ4v) is 4.46. The Kier molecular flexibility index (Phi) is 7.06. The minimum absolute atomic E-state index is 0.0114. The summed E-state index contributed by atoms with van der Waals surface area (Å²) in [5, 5.41) is 2.65. The van der Waals surface area contributed by atoms with Crippen LogP contribution < -0.4 is 19.7 Å². The van der Waals surface area contributed by atoms with Crippen LogP contribution in [0.3, 0.4) is 0 Å². The molecule has 30 heavy (non-hydrogen) atoms. The Bertz CT molecular complexity index is 963. The molecule has 1 aliphatic rings. The van der Waals surface area contributed by atoms with Gasteiger partial charge < -0.3 is 19.7 Å². The molecular weight excluding hydrogens is 410 g/mol. The van der Waals surface area contributed by atoms with Gasteiger partial charge in [0.05, 0.1) is 20.0 Å². The highest BCUT2D eigenvalue weighted by molar-refractivity contribution is 7.89. The third-order valence-corrected chi connectivity index (χ3v) is 6.63. The molecule has 1 aromatic heterocycles. The minimum atomic E-state index is -3.48. The van der Waals surface area contributed by atoms with Gasteiger partial charge >= 0.3 is 0 Å². The molecule has 11 heteroatoms. The number of hydrogen-bond acceptors (Lipinski definition) is 8. The average Bonchev–Trinajstić information content (AvgIpc) is 2.79. The lowest BCUT2D eigenvalue weighted by molar-refractivity contribution is 0.0955. The fourth-order valence-electron chi connectivity index (χ4n) is 3.12. The van der Waals surface area contributed by atoms with Gasteiger partial charge in [0.15, 0.2) is 11.5 Å². The number of benzene rings is 1. The van der Waals surface area contributed by atoms with Crippen LogP contribution in [0.2, 0.25) is 0 Å². The fraction of sp³-hybridized carbons (Fsp3) is 0.421. The number of piperazine rings is 1. The largest absolute Gasteiger partial charge is 0.493 e. The molecule has 0 bridgehead atoms. The van der Waals surface area contributed by atoms with Crippen molar-refractivity contribution in [2.24, 2.45) is 0 Å². The second kappa shape index (κ2) is 9.72. The maximum atomic E-state index is 12.6. The van der Waals surface area contributed by atoms with Gasteiger partial charge in [-0.15, -0.1) is 0 Å². The van der Waals surface area contributed by atoms with Crippen molar-refractivity contribution in [3.05, 3.63) is 42.2 Å². The second-order valence-electron chi connectivity index (χ2n) is 6.58. The van der Waals surface area contributed by atoms with E-state index < -0.39 is 10.0 Å². The molecule has 162 valence electrons. The molecule has 10 nitrogen and oxygen atoms in total. The number of hydrogen-bond donors (Lipinski definition) is 1. The molecule has 0 unspecified atom stereocenters. The Morgan fingerprint density at radius 2 is 1.73 bits per heavy atom. The summed E-state index contributed by atoms with van der Waals surface area (Å²) in [6.45, 7) is 1.74. The van der Waals surface area contributed by atoms with Crippen molar-refractivity contribution in [1.29, 1.82) is 0 Å². The molecule has 1 aliphatic heterocycles. The van der Waals surface area contributed by atoms with Crippen LogP contribution in [0.1, 0.15) is 10.4 Å². The summed E-state index contributed by atoms with van der Waals surface area (Å²) < 4.78 is 37.0. The lowest BCUT2D eigenvalue weighted by atomic mass is 10.2. The molecule has 0 radical (unpaired) electrons. The summed E-state index contributed by atoms with van der Waals surface area (Å²) in [4.78, 5) is 22.7. The third-order valence-electron chi connectivity index (χ3n) is 4.76. The number of methoxy groups -OCH3 is 2. The molecular formula is C19H25N5O5S. The number of rotatable bonds is 8. The number of ether oxygens (including phenoxy) is 2. The quantitative estimate of drug-likeness (QED) is 0.633. The van der Waals surface area contributed by atoms with Crippen molar-refractivity contribution in [2.45, 2.75) is 0 Å². The first-order valence-corrected chi connectivity index (χ1v) is 11.1. The number of aromatic nitrogens is 2. The first-order valence-electron chi connectivity index (χ1n) is 9.44. The van der Waals surface area contributed by atoms with E-state index in [1.54, 1.807) is 36.7 Å². The maximum Gasteiger partial charge on any atom is 0.251 e. The monoisotopic (exact) mass is 435 g/mol. The number of carbonyl (C=O) groups is 1. The normalized spacial score (nSPS) is 14.9. The number of sulfonamides is 1. The topological polar surface area (TPSA) is 114 Å². The number of amides is 1. The van der Waals surface area contributed by atoms with Gasteiger partial charge in [-0.1, -0.05) is 0 Å². The van der Waals surface area contributed by atoms with Crippen molar-refractivity contribution in [3.8, 4) is 11.5 Å². The van der Waals surface area contributed by atoms with E-state index in [-0.39, 0.29) is 18.2 Å². The summed E-state index contributed by atoms with van der Waals surface area (Å²) in [6.07, 6.45) is 3.32. The molecule has 1 saturated heterocycles. The van der Waals surface area contributed by atoms with E-state index >= 15 is 0 Å². The zero-order chi connectivity index (χ0) is 21.6. The van der Waals surface area contributed by atoms with E-state index in [1.807, 2.05) is 4.90 Å². The van der Waals surface area contributed by atoms with Gasteiger partial charge in [0.2, 0.25) is 16.0 Å². The van der Waals surface area contributed by atoms with Crippen molar-refractivity contribution in [3.63, 3.8) is 0 Å². The molecule has 2 heterocycles. The molecule has 1 N–H and O–H groups in total. The smallest absolute Gasteiger partial charge is 0.251 e. The van der Waals surface area contributed by atoms with Gasteiger partial charge in [0, 0.05) is 50.7 Å². The van der Waals surface area contributed by atoms with Crippen LogP contribution in [0.25, 0.3) is 0 Å². The molecule has 0 atom stereocenters. The van der Waals surface area contributed by atoms with E-state index in [1.165, 1.54) is 18.5 Å². The van der Waals surface area contributed by atoms with Gasteiger partial charge in [-0.25, -0.2) is 18.4 Å². The van der Waals surface area contributed by atoms with E-state index in [9.17, 15) is 13.2 Å². The van der Waals surface area contributed by atoms with Crippen molar-refractivity contribution >= 4 is 21.9 Å². The van der Waals surface area contributed by atoms with Crippen LogP contribution in [0, 0.1) is 0 Å². The third kappa shape index (κ3) is 5.16. The summed E-state index contributed by atoms with van der Waals surface area (Å²) in [5.74, 6) is 0.983. The number of anilines is 1. The Labute approximate surface area is 175 Å². The van der Waals surface area contributed by atoms with Crippen molar-refractivity contribution < 1.29 is 22.7 Å². The van der Waals surface area contributed by atoms with Gasteiger partial charge in [0.25, 0.3) is 5.91 Å². The Morgan fingerprint density at radius 3 is 2.37 bits per heavy atom. The highest BCUT2D eigenvalue weighted by Crippen LogP contribution is 2.27. The van der Waals surface area contributed by atoms with Gasteiger partial charge in [0.1, 0.15) is 0 Å². The SMILES string of the molecule is COc1ccc(C(=O)NCCS(=O)(=O)N2CCN(c3ncccn3)CC2)cc1OC. The van der Waals surface area contributed by atoms with Crippen LogP contribution in [0.5, 0.6) is 11.5 Å². The summed E-state index contributed by atoms with van der Waals surface area (Å²) >= 11 is 0. The minimum Gasteiger partial charge on any atom is -0.493 e. The Balaban J connectivity index is 1.50. The first kappa shape index (κ1) is 21.8. The van der Waals surface area contributed by atoms with Crippen LogP contribution in [0.4, 0.5) is 5.95 Å². The zero-order valence-electron chi connectivity index (χ0n) is 16.9. The molecule has 0 saturated carbocycles. The summed E-state index contributed by atoms with van der Waals surface area (Å²) in [5.41, 5.74) is 0.363. The van der Waals surface area contributed by atoms with E-state index in [4.69, 9.17) is 9.47 Å². The first-order chi connectivity index (χ1) is 14.4. The second-order valence-corrected chi connectivity index (χ2v) is 8.67. The van der Waals surface area contributed by atoms with E-state index in [0.717, 1.165) is 0 Å². The lowest BCUT2D eigenvalue weighted by Crippen LogP contribution is -2.50. The molecule has 1 fully saturated rings. The lowest BCUT2D eigenvalue weighted by Gasteiger charge is -2.33. The molecule has 3 rings (SSSR count). The standard InChI is InChI=1S/C19H25N5O5S/c1-28-16-5-4-15(14-17(16)29-2)18(25)20-8-13-30(26,27)24-11-9-23(10-12-24)19-21-6-3-7-22-19/h3-7,14H,8-13H2,1-2H3,(H,20,25). The number of nitrogens with one attached hydrogen (secondary N) is 1. The molecule has 2 aromatic rings. The highest BCUT2D eigenvalue weighted by Gasteiger charge is 2.27. The Morgan fingerprint density at radius 1 is 1.07 bits per heavy atom.